The minimum Gasteiger partial charge on any atom is -0.381 e. The maximum Gasteiger partial charge on any atom is 0.0521 e. The predicted molar refractivity (Wildman–Crippen MR) is 83.3 cm³/mol. The van der Waals surface area contributed by atoms with Crippen LogP contribution in [0.4, 0.5) is 0 Å². The van der Waals surface area contributed by atoms with Gasteiger partial charge in [0, 0.05) is 25.2 Å². The summed E-state index contributed by atoms with van der Waals surface area (Å²) >= 11 is 0. The van der Waals surface area contributed by atoms with Crippen molar-refractivity contribution < 1.29 is 9.47 Å². The van der Waals surface area contributed by atoms with Crippen LogP contribution in [0.25, 0.3) is 0 Å². The summed E-state index contributed by atoms with van der Waals surface area (Å²) in [6.07, 6.45) is 11.2. The van der Waals surface area contributed by atoms with Crippen molar-refractivity contribution in [3.8, 4) is 0 Å². The molecule has 3 nitrogen and oxygen atoms in total. The van der Waals surface area contributed by atoms with Crippen molar-refractivity contribution >= 4 is 0 Å². The summed E-state index contributed by atoms with van der Waals surface area (Å²) in [5, 5.41) is 0. The van der Waals surface area contributed by atoms with Gasteiger partial charge in [-0.25, -0.2) is 0 Å². The smallest absolute Gasteiger partial charge is 0.0521 e. The van der Waals surface area contributed by atoms with E-state index in [-0.39, 0.29) is 0 Å². The Morgan fingerprint density at radius 3 is 2.48 bits per heavy atom. The Labute approximate surface area is 129 Å². The molecule has 0 aromatic heterocycles. The van der Waals surface area contributed by atoms with E-state index in [2.05, 4.69) is 4.90 Å². The third kappa shape index (κ3) is 3.16. The normalized spacial score (nSPS) is 34.0. The average molecular weight is 293 g/mol. The highest BCUT2D eigenvalue weighted by molar-refractivity contribution is 4.95. The maximum atomic E-state index is 6.04. The molecule has 4 fully saturated rings. The first-order valence-electron chi connectivity index (χ1n) is 9.25. The van der Waals surface area contributed by atoms with Gasteiger partial charge in [-0.1, -0.05) is 6.42 Å². The van der Waals surface area contributed by atoms with Crippen molar-refractivity contribution in [2.24, 2.45) is 17.3 Å². The van der Waals surface area contributed by atoms with E-state index in [1.807, 2.05) is 0 Å². The Hall–Kier alpha value is -0.120. The van der Waals surface area contributed by atoms with Gasteiger partial charge in [-0.3, -0.25) is 0 Å². The van der Waals surface area contributed by atoms with E-state index in [1.54, 1.807) is 0 Å². The lowest BCUT2D eigenvalue weighted by Gasteiger charge is -2.51. The van der Waals surface area contributed by atoms with Gasteiger partial charge in [0.25, 0.3) is 0 Å². The topological polar surface area (TPSA) is 21.7 Å². The number of rotatable bonds is 5. The molecule has 21 heavy (non-hydrogen) atoms. The molecular weight excluding hydrogens is 262 g/mol. The fourth-order valence-corrected chi connectivity index (χ4v) is 4.51. The van der Waals surface area contributed by atoms with E-state index < -0.39 is 0 Å². The molecule has 2 saturated heterocycles. The van der Waals surface area contributed by atoms with Crippen LogP contribution in [0.15, 0.2) is 0 Å². The Kier molecular flexibility index (Phi) is 4.25. The van der Waals surface area contributed by atoms with E-state index in [0.717, 1.165) is 38.4 Å². The zero-order chi connectivity index (χ0) is 14.1. The quantitative estimate of drug-likeness (QED) is 0.777. The van der Waals surface area contributed by atoms with Gasteiger partial charge in [-0.15, -0.1) is 0 Å². The maximum absolute atomic E-state index is 6.04. The van der Waals surface area contributed by atoms with Crippen molar-refractivity contribution in [2.75, 3.05) is 39.5 Å². The molecule has 2 aliphatic heterocycles. The molecule has 2 saturated carbocycles. The van der Waals surface area contributed by atoms with Gasteiger partial charge < -0.3 is 14.4 Å². The van der Waals surface area contributed by atoms with Crippen LogP contribution in [0.5, 0.6) is 0 Å². The van der Waals surface area contributed by atoms with E-state index in [4.69, 9.17) is 9.47 Å². The average Bonchev–Trinajstić information content (AvgIpc) is 3.26. The Morgan fingerprint density at radius 1 is 1.00 bits per heavy atom. The molecule has 0 amide bonds. The molecule has 4 rings (SSSR count). The molecule has 0 aromatic rings. The fourth-order valence-electron chi connectivity index (χ4n) is 4.51. The second-order valence-corrected chi connectivity index (χ2v) is 7.99. The number of ether oxygens (including phenoxy) is 2. The highest BCUT2D eigenvalue weighted by Crippen LogP contribution is 2.46. The first-order valence-corrected chi connectivity index (χ1v) is 9.25. The monoisotopic (exact) mass is 293 g/mol. The number of likely N-dealkylation sites (tertiary alicyclic amines) is 1. The van der Waals surface area contributed by atoms with Gasteiger partial charge in [0.15, 0.2) is 0 Å². The molecule has 4 aliphatic rings. The minimum absolute atomic E-state index is 0.530. The number of piperidine rings is 1. The van der Waals surface area contributed by atoms with Gasteiger partial charge in [-0.2, -0.15) is 0 Å². The molecule has 1 atom stereocenters. The van der Waals surface area contributed by atoms with Crippen LogP contribution in [0.3, 0.4) is 0 Å². The Balaban J connectivity index is 1.31. The molecule has 2 aliphatic carbocycles. The molecule has 0 aromatic carbocycles. The molecule has 1 unspecified atom stereocenters. The summed E-state index contributed by atoms with van der Waals surface area (Å²) < 4.78 is 11.8. The van der Waals surface area contributed by atoms with Crippen LogP contribution in [0.1, 0.15) is 51.4 Å². The van der Waals surface area contributed by atoms with Crippen molar-refractivity contribution in [1.29, 1.82) is 0 Å². The summed E-state index contributed by atoms with van der Waals surface area (Å²) in [7, 11) is 0. The van der Waals surface area contributed by atoms with Crippen LogP contribution in [0.2, 0.25) is 0 Å². The number of nitrogens with zero attached hydrogens (tertiary/aromatic N) is 1. The lowest BCUT2D eigenvalue weighted by Crippen LogP contribution is -2.52. The van der Waals surface area contributed by atoms with Crippen LogP contribution in [0, 0.1) is 17.3 Å². The second kappa shape index (κ2) is 6.17. The van der Waals surface area contributed by atoms with Crippen LogP contribution in [-0.4, -0.2) is 50.5 Å². The zero-order valence-corrected chi connectivity index (χ0v) is 13.4. The first kappa shape index (κ1) is 14.5. The highest BCUT2D eigenvalue weighted by Gasteiger charge is 2.44. The summed E-state index contributed by atoms with van der Waals surface area (Å²) in [5.41, 5.74) is 0.530. The standard InChI is InChI=1S/C18H31NO2/c1-2-17(3-1)19-9-6-18(7-10-19)8-11-20-13-16(18)14-21-12-15-4-5-15/h15-17H,1-14H2. The first-order chi connectivity index (χ1) is 10.4. The molecule has 2 heterocycles. The van der Waals surface area contributed by atoms with Gasteiger partial charge >= 0.3 is 0 Å². The lowest BCUT2D eigenvalue weighted by molar-refractivity contribution is -0.106. The zero-order valence-electron chi connectivity index (χ0n) is 13.4. The van der Waals surface area contributed by atoms with Crippen molar-refractivity contribution in [3.05, 3.63) is 0 Å². The number of hydrogen-bond donors (Lipinski definition) is 0. The largest absolute Gasteiger partial charge is 0.381 e. The van der Waals surface area contributed by atoms with E-state index in [0.29, 0.717) is 11.3 Å². The molecular formula is C18H31NO2. The van der Waals surface area contributed by atoms with Crippen LogP contribution in [-0.2, 0) is 9.47 Å². The van der Waals surface area contributed by atoms with Gasteiger partial charge in [0.1, 0.15) is 0 Å². The third-order valence-corrected chi connectivity index (χ3v) is 6.68. The Bertz CT molecular complexity index is 343. The summed E-state index contributed by atoms with van der Waals surface area (Å²) in [5.74, 6) is 1.53. The van der Waals surface area contributed by atoms with Crippen LogP contribution >= 0.6 is 0 Å². The third-order valence-electron chi connectivity index (χ3n) is 6.68. The highest BCUT2D eigenvalue weighted by atomic mass is 16.5. The molecule has 0 radical (unpaired) electrons. The summed E-state index contributed by atoms with van der Waals surface area (Å²) in [6.45, 7) is 6.50. The van der Waals surface area contributed by atoms with Crippen molar-refractivity contribution in [3.63, 3.8) is 0 Å². The fraction of sp³-hybridized carbons (Fsp3) is 1.00. The van der Waals surface area contributed by atoms with E-state index >= 15 is 0 Å². The molecule has 120 valence electrons. The van der Waals surface area contributed by atoms with Crippen molar-refractivity contribution in [2.45, 2.75) is 57.4 Å². The van der Waals surface area contributed by atoms with E-state index in [1.165, 1.54) is 64.5 Å². The molecule has 1 spiro atoms. The summed E-state index contributed by atoms with van der Waals surface area (Å²) in [6, 6.07) is 0.923. The number of hydrogen-bond acceptors (Lipinski definition) is 3. The minimum atomic E-state index is 0.530. The van der Waals surface area contributed by atoms with Crippen molar-refractivity contribution in [1.82, 2.24) is 4.90 Å². The molecule has 0 bridgehead atoms. The van der Waals surface area contributed by atoms with Gasteiger partial charge in [0.05, 0.1) is 13.2 Å². The lowest BCUT2D eigenvalue weighted by atomic mass is 9.65. The Morgan fingerprint density at radius 2 is 1.81 bits per heavy atom. The van der Waals surface area contributed by atoms with Crippen LogP contribution < -0.4 is 0 Å². The SMILES string of the molecule is C1CC(N2CCC3(CCOCC3COCC3CC3)CC2)C1. The second-order valence-electron chi connectivity index (χ2n) is 7.99. The van der Waals surface area contributed by atoms with E-state index in [9.17, 15) is 0 Å². The van der Waals surface area contributed by atoms with Gasteiger partial charge in [-0.05, 0) is 69.4 Å². The predicted octanol–water partition coefficient (Wildman–Crippen LogP) is 3.08. The molecule has 3 heteroatoms. The molecule has 0 N–H and O–H groups in total. The van der Waals surface area contributed by atoms with Gasteiger partial charge in [0.2, 0.25) is 0 Å². The summed E-state index contributed by atoms with van der Waals surface area (Å²) in [4.78, 5) is 2.77.